The van der Waals surface area contributed by atoms with Crippen LogP contribution in [0.3, 0.4) is 0 Å². The molecule has 2 N–H and O–H groups in total. The van der Waals surface area contributed by atoms with Crippen molar-refractivity contribution in [3.63, 3.8) is 0 Å². The largest absolute Gasteiger partial charge is 0.457 e. The Bertz CT molecular complexity index is 584. The van der Waals surface area contributed by atoms with Crippen molar-refractivity contribution < 1.29 is 14.1 Å². The predicted octanol–water partition coefficient (Wildman–Crippen LogP) is 3.11. The fourth-order valence-corrected chi connectivity index (χ4v) is 1.40. The summed E-state index contributed by atoms with van der Waals surface area (Å²) >= 11 is 0. The first-order valence-electron chi connectivity index (χ1n) is 5.03. The van der Waals surface area contributed by atoms with Gasteiger partial charge >= 0.3 is 0 Å². The van der Waals surface area contributed by atoms with Crippen molar-refractivity contribution in [2.45, 2.75) is 0 Å². The number of hydrogen-bond donors (Lipinski definition) is 1. The van der Waals surface area contributed by atoms with Crippen LogP contribution < -0.4 is 10.5 Å². The van der Waals surface area contributed by atoms with E-state index >= 15 is 0 Å². The van der Waals surface area contributed by atoms with Gasteiger partial charge in [0.1, 0.15) is 23.0 Å². The first kappa shape index (κ1) is 11.8. The molecule has 0 aliphatic rings. The Kier molecular flexibility index (Phi) is 3.09. The fraction of sp³-hybridized carbons (Fsp3) is 0. The molecule has 2 aromatic carbocycles. The minimum atomic E-state index is -0.572. The second kappa shape index (κ2) is 4.70. The highest BCUT2D eigenvalue weighted by atomic mass is 19.1. The van der Waals surface area contributed by atoms with Crippen molar-refractivity contribution in [2.75, 3.05) is 5.73 Å². The van der Waals surface area contributed by atoms with E-state index in [1.807, 2.05) is 0 Å². The Morgan fingerprint density at radius 3 is 2.28 bits per heavy atom. The molecule has 92 valence electrons. The van der Waals surface area contributed by atoms with E-state index in [1.54, 1.807) is 0 Å². The molecule has 0 amide bonds. The lowest BCUT2D eigenvalue weighted by molar-refractivity contribution is -0.383. The molecule has 2 rings (SSSR count). The standard InChI is InChI=1S/C12H9FN2O3/c13-8-1-3-9(4-2-8)18-10-5-6-12(15(16)17)11(14)7-10/h1-7H,14H2. The molecule has 0 atom stereocenters. The minimum absolute atomic E-state index is 0.0135. The number of rotatable bonds is 3. The second-order valence-electron chi connectivity index (χ2n) is 3.53. The fourth-order valence-electron chi connectivity index (χ4n) is 1.40. The maximum Gasteiger partial charge on any atom is 0.292 e. The van der Waals surface area contributed by atoms with Gasteiger partial charge in [-0.2, -0.15) is 0 Å². The van der Waals surface area contributed by atoms with Gasteiger partial charge in [-0.1, -0.05) is 0 Å². The Morgan fingerprint density at radius 1 is 1.11 bits per heavy atom. The number of nitrogens with zero attached hydrogens (tertiary/aromatic N) is 1. The van der Waals surface area contributed by atoms with Crippen LogP contribution in [0.15, 0.2) is 42.5 Å². The van der Waals surface area contributed by atoms with Gasteiger partial charge in [0.15, 0.2) is 0 Å². The molecular weight excluding hydrogens is 239 g/mol. The molecule has 0 aromatic heterocycles. The lowest BCUT2D eigenvalue weighted by atomic mass is 10.2. The zero-order valence-electron chi connectivity index (χ0n) is 9.17. The zero-order chi connectivity index (χ0) is 13.1. The number of benzene rings is 2. The van der Waals surface area contributed by atoms with Gasteiger partial charge in [-0.05, 0) is 30.3 Å². The highest BCUT2D eigenvalue weighted by Crippen LogP contribution is 2.29. The molecule has 5 nitrogen and oxygen atoms in total. The van der Waals surface area contributed by atoms with E-state index < -0.39 is 4.92 Å². The summed E-state index contributed by atoms with van der Waals surface area (Å²) in [5.41, 5.74) is 5.35. The summed E-state index contributed by atoms with van der Waals surface area (Å²) in [7, 11) is 0. The highest BCUT2D eigenvalue weighted by molar-refractivity contribution is 5.61. The van der Waals surface area contributed by atoms with Crippen LogP contribution in [0.2, 0.25) is 0 Å². The molecule has 6 heteroatoms. The second-order valence-corrected chi connectivity index (χ2v) is 3.53. The van der Waals surface area contributed by atoms with Crippen LogP contribution in [-0.2, 0) is 0 Å². The molecule has 0 fully saturated rings. The highest BCUT2D eigenvalue weighted by Gasteiger charge is 2.11. The third-order valence-electron chi connectivity index (χ3n) is 2.25. The van der Waals surface area contributed by atoms with Crippen LogP contribution >= 0.6 is 0 Å². The Hall–Kier alpha value is -2.63. The molecule has 18 heavy (non-hydrogen) atoms. The number of ether oxygens (including phenoxy) is 1. The lowest BCUT2D eigenvalue weighted by Gasteiger charge is -2.06. The third kappa shape index (κ3) is 2.54. The number of anilines is 1. The Labute approximate surface area is 102 Å². The first-order valence-corrected chi connectivity index (χ1v) is 5.03. The Morgan fingerprint density at radius 2 is 1.72 bits per heavy atom. The maximum absolute atomic E-state index is 12.7. The number of hydrogen-bond acceptors (Lipinski definition) is 4. The van der Waals surface area contributed by atoms with Crippen LogP contribution in [-0.4, -0.2) is 4.92 Å². The number of nitro benzene ring substituents is 1. The van der Waals surface area contributed by atoms with Gasteiger partial charge in [0.25, 0.3) is 5.69 Å². The van der Waals surface area contributed by atoms with Gasteiger partial charge in [-0.15, -0.1) is 0 Å². The molecule has 0 bridgehead atoms. The quantitative estimate of drug-likeness (QED) is 0.514. The first-order chi connectivity index (χ1) is 8.56. The van der Waals surface area contributed by atoms with Crippen molar-refractivity contribution in [2.24, 2.45) is 0 Å². The van der Waals surface area contributed by atoms with Crippen molar-refractivity contribution in [3.8, 4) is 11.5 Å². The Balaban J connectivity index is 2.22. The van der Waals surface area contributed by atoms with Gasteiger partial charge < -0.3 is 10.5 Å². The molecule has 0 aliphatic carbocycles. The SMILES string of the molecule is Nc1cc(Oc2ccc(F)cc2)ccc1[N+](=O)[O-]. The van der Waals surface area contributed by atoms with E-state index in [1.165, 1.54) is 42.5 Å². The van der Waals surface area contributed by atoms with E-state index in [-0.39, 0.29) is 17.2 Å². The maximum atomic E-state index is 12.7. The smallest absolute Gasteiger partial charge is 0.292 e. The number of halogens is 1. The molecular formula is C12H9FN2O3. The zero-order valence-corrected chi connectivity index (χ0v) is 9.17. The average Bonchev–Trinajstić information content (AvgIpc) is 2.32. The van der Waals surface area contributed by atoms with E-state index in [9.17, 15) is 14.5 Å². The summed E-state index contributed by atoms with van der Waals surface area (Å²) in [5.74, 6) is 0.403. The van der Waals surface area contributed by atoms with Crippen LogP contribution in [0.5, 0.6) is 11.5 Å². The van der Waals surface area contributed by atoms with Gasteiger partial charge in [0.05, 0.1) is 4.92 Å². The van der Waals surface area contributed by atoms with Gasteiger partial charge in [-0.3, -0.25) is 10.1 Å². The van der Waals surface area contributed by atoms with E-state index in [2.05, 4.69) is 0 Å². The molecule has 0 saturated heterocycles. The summed E-state index contributed by atoms with van der Waals surface area (Å²) in [6.45, 7) is 0. The summed E-state index contributed by atoms with van der Waals surface area (Å²) in [5, 5.41) is 10.6. The normalized spacial score (nSPS) is 10.1. The van der Waals surface area contributed by atoms with Crippen molar-refractivity contribution in [3.05, 3.63) is 58.4 Å². The van der Waals surface area contributed by atoms with Crippen LogP contribution in [0, 0.1) is 15.9 Å². The summed E-state index contributed by atoms with van der Waals surface area (Å²) < 4.78 is 18.1. The van der Waals surface area contributed by atoms with Crippen molar-refractivity contribution in [1.29, 1.82) is 0 Å². The molecule has 2 aromatic rings. The predicted molar refractivity (Wildman–Crippen MR) is 64.0 cm³/mol. The third-order valence-corrected chi connectivity index (χ3v) is 2.25. The number of nitrogens with two attached hydrogens (primary N) is 1. The van der Waals surface area contributed by atoms with Crippen LogP contribution in [0.4, 0.5) is 15.8 Å². The van der Waals surface area contributed by atoms with Gasteiger partial charge in [0, 0.05) is 12.1 Å². The molecule has 0 spiro atoms. The minimum Gasteiger partial charge on any atom is -0.457 e. The summed E-state index contributed by atoms with van der Waals surface area (Å²) in [6.07, 6.45) is 0. The molecule has 0 radical (unpaired) electrons. The molecule has 0 aliphatic heterocycles. The molecule has 0 heterocycles. The monoisotopic (exact) mass is 248 g/mol. The van der Waals surface area contributed by atoms with Crippen LogP contribution in [0.25, 0.3) is 0 Å². The number of nitro groups is 1. The van der Waals surface area contributed by atoms with Crippen molar-refractivity contribution >= 4 is 11.4 Å². The van der Waals surface area contributed by atoms with E-state index in [0.29, 0.717) is 11.5 Å². The summed E-state index contributed by atoms with van der Waals surface area (Å²) in [6, 6.07) is 9.45. The average molecular weight is 248 g/mol. The van der Waals surface area contributed by atoms with Crippen LogP contribution in [0.1, 0.15) is 0 Å². The topological polar surface area (TPSA) is 78.4 Å². The number of nitrogen functional groups attached to an aromatic ring is 1. The van der Waals surface area contributed by atoms with Crippen molar-refractivity contribution in [1.82, 2.24) is 0 Å². The molecule has 0 unspecified atom stereocenters. The van der Waals surface area contributed by atoms with E-state index in [4.69, 9.17) is 10.5 Å². The summed E-state index contributed by atoms with van der Waals surface area (Å²) in [4.78, 5) is 10.00. The molecule has 0 saturated carbocycles. The lowest BCUT2D eigenvalue weighted by Crippen LogP contribution is -1.96. The van der Waals surface area contributed by atoms with E-state index in [0.717, 1.165) is 0 Å². The van der Waals surface area contributed by atoms with Gasteiger partial charge in [0.2, 0.25) is 0 Å². The van der Waals surface area contributed by atoms with Gasteiger partial charge in [-0.25, -0.2) is 4.39 Å².